The van der Waals surface area contributed by atoms with Crippen molar-refractivity contribution in [2.24, 2.45) is 0 Å². The number of aryl methyl sites for hydroxylation is 1. The molecule has 0 aliphatic carbocycles. The Balaban J connectivity index is 2.08. The molecule has 0 spiro atoms. The Morgan fingerprint density at radius 1 is 1.04 bits per heavy atom. The lowest BCUT2D eigenvalue weighted by Gasteiger charge is -2.15. The first kappa shape index (κ1) is 16.3. The summed E-state index contributed by atoms with van der Waals surface area (Å²) in [6.07, 6.45) is 5.39. The Morgan fingerprint density at radius 3 is 2.38 bits per heavy atom. The lowest BCUT2D eigenvalue weighted by Crippen LogP contribution is -2.19. The van der Waals surface area contributed by atoms with E-state index in [1.807, 2.05) is 18.3 Å². The minimum absolute atomic E-state index is 0.415. The number of pyridine rings is 1. The number of hydrogen-bond donors (Lipinski definition) is 2. The van der Waals surface area contributed by atoms with Gasteiger partial charge in [0, 0.05) is 41.8 Å². The van der Waals surface area contributed by atoms with Crippen LogP contribution in [0.1, 0.15) is 32.2 Å². The van der Waals surface area contributed by atoms with Crippen molar-refractivity contribution in [3.63, 3.8) is 0 Å². The van der Waals surface area contributed by atoms with E-state index in [4.69, 9.17) is 0 Å². The summed E-state index contributed by atoms with van der Waals surface area (Å²) >= 11 is 0. The summed E-state index contributed by atoms with van der Waals surface area (Å²) in [7, 11) is 0. The molecule has 0 bridgehead atoms. The third-order valence-corrected chi connectivity index (χ3v) is 3.94. The van der Waals surface area contributed by atoms with Gasteiger partial charge in [0.2, 0.25) is 0 Å². The van der Waals surface area contributed by atoms with Crippen LogP contribution >= 0.6 is 0 Å². The van der Waals surface area contributed by atoms with Crippen LogP contribution in [0.25, 0.3) is 22.0 Å². The molecule has 3 rings (SSSR count). The molecule has 2 aromatic heterocycles. The minimum atomic E-state index is -1.04. The zero-order valence-corrected chi connectivity index (χ0v) is 14.5. The van der Waals surface area contributed by atoms with Gasteiger partial charge in [-0.1, -0.05) is 6.07 Å². The number of rotatable bonds is 4. The largest absolute Gasteiger partial charge is 0.385 e. The molecule has 0 aliphatic rings. The van der Waals surface area contributed by atoms with Crippen molar-refractivity contribution in [1.29, 1.82) is 0 Å². The second-order valence-electron chi connectivity index (χ2n) is 6.43. The fourth-order valence-electron chi connectivity index (χ4n) is 2.68. The predicted molar refractivity (Wildman–Crippen MR) is 96.9 cm³/mol. The quantitative estimate of drug-likeness (QED) is 0.767. The van der Waals surface area contributed by atoms with Gasteiger partial charge in [0.1, 0.15) is 5.60 Å². The SMILES string of the molecule is CCNc1c(C)cnc2ccc(-c3cnc(C(C)(C)O)nc3)cc12. The van der Waals surface area contributed by atoms with Gasteiger partial charge in [0.25, 0.3) is 0 Å². The second-order valence-corrected chi connectivity index (χ2v) is 6.43. The molecule has 0 radical (unpaired) electrons. The Hall–Kier alpha value is -2.53. The smallest absolute Gasteiger partial charge is 0.159 e. The van der Waals surface area contributed by atoms with Gasteiger partial charge in [-0.25, -0.2) is 9.97 Å². The van der Waals surface area contributed by atoms with Crippen LogP contribution in [0.4, 0.5) is 5.69 Å². The van der Waals surface area contributed by atoms with Gasteiger partial charge >= 0.3 is 0 Å². The highest BCUT2D eigenvalue weighted by Gasteiger charge is 2.19. The van der Waals surface area contributed by atoms with Crippen LogP contribution in [0.5, 0.6) is 0 Å². The van der Waals surface area contributed by atoms with Crippen LogP contribution < -0.4 is 5.32 Å². The van der Waals surface area contributed by atoms with E-state index in [2.05, 4.69) is 40.2 Å². The van der Waals surface area contributed by atoms with Crippen molar-refractivity contribution in [1.82, 2.24) is 15.0 Å². The van der Waals surface area contributed by atoms with E-state index in [0.29, 0.717) is 5.82 Å². The van der Waals surface area contributed by atoms with Crippen molar-refractivity contribution in [2.75, 3.05) is 11.9 Å². The molecular formula is C19H22N4O. The number of aromatic nitrogens is 3. The average Bonchev–Trinajstić information content (AvgIpc) is 2.56. The van der Waals surface area contributed by atoms with E-state index >= 15 is 0 Å². The number of hydrogen-bond acceptors (Lipinski definition) is 5. The second kappa shape index (κ2) is 6.17. The predicted octanol–water partition coefficient (Wildman–Crippen LogP) is 3.66. The third-order valence-electron chi connectivity index (χ3n) is 3.94. The lowest BCUT2D eigenvalue weighted by atomic mass is 10.0. The summed E-state index contributed by atoms with van der Waals surface area (Å²) in [6, 6.07) is 6.13. The molecule has 0 atom stereocenters. The highest BCUT2D eigenvalue weighted by Crippen LogP contribution is 2.30. The molecule has 0 amide bonds. The summed E-state index contributed by atoms with van der Waals surface area (Å²) < 4.78 is 0. The zero-order valence-electron chi connectivity index (χ0n) is 14.5. The summed E-state index contributed by atoms with van der Waals surface area (Å²) in [5.74, 6) is 0.415. The summed E-state index contributed by atoms with van der Waals surface area (Å²) in [5, 5.41) is 14.5. The molecule has 0 unspecified atom stereocenters. The summed E-state index contributed by atoms with van der Waals surface area (Å²) in [5.41, 5.74) is 4.08. The molecule has 124 valence electrons. The van der Waals surface area contributed by atoms with E-state index in [1.165, 1.54) is 0 Å². The lowest BCUT2D eigenvalue weighted by molar-refractivity contribution is 0.0687. The molecular weight excluding hydrogens is 300 g/mol. The van der Waals surface area contributed by atoms with Crippen LogP contribution in [-0.4, -0.2) is 26.6 Å². The molecule has 0 aliphatic heterocycles. The minimum Gasteiger partial charge on any atom is -0.385 e. The van der Waals surface area contributed by atoms with Crippen molar-refractivity contribution in [3.05, 3.63) is 48.2 Å². The highest BCUT2D eigenvalue weighted by molar-refractivity contribution is 5.95. The number of aliphatic hydroxyl groups is 1. The highest BCUT2D eigenvalue weighted by atomic mass is 16.3. The van der Waals surface area contributed by atoms with Crippen LogP contribution in [-0.2, 0) is 5.60 Å². The van der Waals surface area contributed by atoms with Crippen LogP contribution in [0.2, 0.25) is 0 Å². The van der Waals surface area contributed by atoms with E-state index in [-0.39, 0.29) is 0 Å². The maximum atomic E-state index is 9.98. The fourth-order valence-corrected chi connectivity index (χ4v) is 2.68. The Labute approximate surface area is 141 Å². The number of anilines is 1. The molecule has 0 saturated carbocycles. The number of benzene rings is 1. The first-order valence-electron chi connectivity index (χ1n) is 8.08. The van der Waals surface area contributed by atoms with Gasteiger partial charge in [-0.3, -0.25) is 4.98 Å². The Kier molecular flexibility index (Phi) is 4.20. The number of nitrogens with zero attached hydrogens (tertiary/aromatic N) is 3. The molecule has 0 fully saturated rings. The van der Waals surface area contributed by atoms with Gasteiger partial charge in [-0.2, -0.15) is 0 Å². The molecule has 2 N–H and O–H groups in total. The first-order valence-corrected chi connectivity index (χ1v) is 8.08. The van der Waals surface area contributed by atoms with Gasteiger partial charge in [0.15, 0.2) is 5.82 Å². The van der Waals surface area contributed by atoms with Gasteiger partial charge < -0.3 is 10.4 Å². The summed E-state index contributed by atoms with van der Waals surface area (Å²) in [4.78, 5) is 13.1. The van der Waals surface area contributed by atoms with Gasteiger partial charge in [0.05, 0.1) is 5.52 Å². The monoisotopic (exact) mass is 322 g/mol. The molecule has 1 aromatic carbocycles. The molecule has 24 heavy (non-hydrogen) atoms. The molecule has 3 aromatic rings. The van der Waals surface area contributed by atoms with Crippen LogP contribution in [0.15, 0.2) is 36.8 Å². The van der Waals surface area contributed by atoms with E-state index in [0.717, 1.165) is 39.8 Å². The average molecular weight is 322 g/mol. The molecule has 0 saturated heterocycles. The van der Waals surface area contributed by atoms with E-state index < -0.39 is 5.60 Å². The normalized spacial score (nSPS) is 11.7. The van der Waals surface area contributed by atoms with Crippen molar-refractivity contribution in [2.45, 2.75) is 33.3 Å². The van der Waals surface area contributed by atoms with Crippen molar-refractivity contribution >= 4 is 16.6 Å². The number of fused-ring (bicyclic) bond motifs is 1. The van der Waals surface area contributed by atoms with Crippen molar-refractivity contribution < 1.29 is 5.11 Å². The van der Waals surface area contributed by atoms with E-state index in [1.54, 1.807) is 26.2 Å². The Morgan fingerprint density at radius 2 is 1.75 bits per heavy atom. The van der Waals surface area contributed by atoms with Crippen LogP contribution in [0.3, 0.4) is 0 Å². The van der Waals surface area contributed by atoms with Crippen LogP contribution in [0, 0.1) is 6.92 Å². The molecule has 2 heterocycles. The first-order chi connectivity index (χ1) is 11.4. The maximum Gasteiger partial charge on any atom is 0.159 e. The zero-order chi connectivity index (χ0) is 17.3. The molecule has 5 heteroatoms. The fraction of sp³-hybridized carbons (Fsp3) is 0.316. The van der Waals surface area contributed by atoms with Crippen molar-refractivity contribution in [3.8, 4) is 11.1 Å². The standard InChI is InChI=1S/C19H22N4O/c1-5-20-17-12(2)9-21-16-7-6-13(8-15(16)17)14-10-22-18(23-11-14)19(3,4)24/h6-11,24H,5H2,1-4H3,(H,20,21). The topological polar surface area (TPSA) is 70.9 Å². The maximum absolute atomic E-state index is 9.98. The Bertz CT molecular complexity index is 867. The third kappa shape index (κ3) is 3.08. The van der Waals surface area contributed by atoms with Gasteiger partial charge in [-0.15, -0.1) is 0 Å². The number of nitrogens with one attached hydrogen (secondary N) is 1. The van der Waals surface area contributed by atoms with E-state index in [9.17, 15) is 5.11 Å². The van der Waals surface area contributed by atoms with Gasteiger partial charge in [-0.05, 0) is 51.0 Å². The summed E-state index contributed by atoms with van der Waals surface area (Å²) in [6.45, 7) is 8.34. The molecule has 5 nitrogen and oxygen atoms in total.